The molecule has 0 aromatic heterocycles. The van der Waals surface area contributed by atoms with Crippen LogP contribution in [-0.4, -0.2) is 30.7 Å². The number of aliphatic hydroxyl groups is 4. The Balaban J connectivity index is 3.44. The van der Waals surface area contributed by atoms with Crippen LogP contribution in [0, 0.1) is 0 Å². The van der Waals surface area contributed by atoms with Crippen LogP contribution in [0.1, 0.15) is 13.8 Å². The molecule has 0 amide bonds. The Hall–Kier alpha value is 0.500. The molecule has 0 aliphatic rings. The van der Waals surface area contributed by atoms with Crippen molar-refractivity contribution < 1.29 is 24.1 Å². The lowest BCUT2D eigenvalue weighted by atomic mass is 10.8. The normalized spacial score (nSPS) is 13.6. The van der Waals surface area contributed by atoms with Crippen LogP contribution in [0.2, 0.25) is 0 Å². The van der Waals surface area contributed by atoms with E-state index in [0.717, 1.165) is 13.8 Å². The van der Waals surface area contributed by atoms with E-state index in [1.807, 2.05) is 0 Å². The minimum absolute atomic E-state index is 0.315. The van der Waals surface area contributed by atoms with E-state index < -0.39 is 10.2 Å². The van der Waals surface area contributed by atoms with Gasteiger partial charge in [-0.05, 0) is 0 Å². The maximum absolute atomic E-state index is 8.63. The van der Waals surface area contributed by atoms with Gasteiger partial charge in [0.05, 0.1) is 24.1 Å². The predicted octanol–water partition coefficient (Wildman–Crippen LogP) is -0.384. The third-order valence-electron chi connectivity index (χ3n) is 0.384. The van der Waals surface area contributed by atoms with E-state index in [1.165, 1.54) is 0 Å². The lowest BCUT2D eigenvalue weighted by Crippen LogP contribution is -2.20. The van der Waals surface area contributed by atoms with Gasteiger partial charge >= 0.3 is 0 Å². The van der Waals surface area contributed by atoms with Crippen LogP contribution in [0.25, 0.3) is 0 Å². The summed E-state index contributed by atoms with van der Waals surface area (Å²) in [6.07, 6.45) is 0. The number of hydrogen-bond donors (Lipinski definition) is 4. The SMILES string of the molecule is CC(O)(O)SOSC(C)(O)O. The zero-order valence-corrected chi connectivity index (χ0v) is 7.65. The van der Waals surface area contributed by atoms with Gasteiger partial charge in [-0.2, -0.15) is 0 Å². The van der Waals surface area contributed by atoms with Crippen molar-refractivity contribution in [2.75, 3.05) is 0 Å². The van der Waals surface area contributed by atoms with Crippen LogP contribution in [0.3, 0.4) is 0 Å². The van der Waals surface area contributed by atoms with Crippen molar-refractivity contribution in [3.05, 3.63) is 0 Å². The maximum Gasteiger partial charge on any atom is 0.237 e. The van der Waals surface area contributed by atoms with E-state index in [0.29, 0.717) is 24.1 Å². The summed E-state index contributed by atoms with van der Waals surface area (Å²) in [6.45, 7) is 2.18. The molecular formula is C4H10O5S2. The van der Waals surface area contributed by atoms with Gasteiger partial charge in [-0.3, -0.25) is 0 Å². The van der Waals surface area contributed by atoms with Crippen LogP contribution in [-0.2, 0) is 3.63 Å². The second-order valence-electron chi connectivity index (χ2n) is 2.10. The monoisotopic (exact) mass is 202 g/mol. The Kier molecular flexibility index (Phi) is 4.12. The molecule has 5 nitrogen and oxygen atoms in total. The predicted molar refractivity (Wildman–Crippen MR) is 42.0 cm³/mol. The van der Waals surface area contributed by atoms with Crippen LogP contribution in [0.4, 0.5) is 0 Å². The van der Waals surface area contributed by atoms with E-state index in [4.69, 9.17) is 20.4 Å². The molecule has 0 heterocycles. The summed E-state index contributed by atoms with van der Waals surface area (Å²) < 4.78 is 4.40. The van der Waals surface area contributed by atoms with Crippen LogP contribution in [0.15, 0.2) is 0 Å². The average Bonchev–Trinajstić information content (AvgIpc) is 1.55. The largest absolute Gasteiger partial charge is 0.356 e. The molecule has 68 valence electrons. The van der Waals surface area contributed by atoms with E-state index >= 15 is 0 Å². The molecule has 0 aromatic rings. The molecule has 0 saturated heterocycles. The van der Waals surface area contributed by atoms with Crippen molar-refractivity contribution in [2.45, 2.75) is 24.1 Å². The molecule has 0 aromatic carbocycles. The molecule has 4 N–H and O–H groups in total. The van der Waals surface area contributed by atoms with Crippen molar-refractivity contribution in [1.82, 2.24) is 0 Å². The van der Waals surface area contributed by atoms with Crippen LogP contribution < -0.4 is 0 Å². The molecule has 0 aliphatic carbocycles. The Labute approximate surface area is 72.8 Å². The molecule has 0 fully saturated rings. The van der Waals surface area contributed by atoms with Gasteiger partial charge in [0.15, 0.2) is 0 Å². The van der Waals surface area contributed by atoms with Gasteiger partial charge in [0, 0.05) is 13.8 Å². The van der Waals surface area contributed by atoms with E-state index in [9.17, 15) is 0 Å². The standard InChI is InChI=1S/C4H10O5S2/c1-3(5,6)10-9-11-4(2,7)8/h5-8H,1-2H3. The summed E-state index contributed by atoms with van der Waals surface area (Å²) in [7, 11) is 0. The summed E-state index contributed by atoms with van der Waals surface area (Å²) in [4.78, 5) is 0. The van der Waals surface area contributed by atoms with E-state index in [2.05, 4.69) is 3.63 Å². The first-order valence-corrected chi connectivity index (χ1v) is 4.12. The maximum atomic E-state index is 8.63. The molecule has 0 aliphatic heterocycles. The molecule has 0 radical (unpaired) electrons. The van der Waals surface area contributed by atoms with Crippen molar-refractivity contribution >= 4 is 24.1 Å². The van der Waals surface area contributed by atoms with Crippen LogP contribution >= 0.6 is 24.1 Å². The minimum Gasteiger partial charge on any atom is -0.356 e. The molecule has 0 rings (SSSR count). The number of hydrogen-bond acceptors (Lipinski definition) is 7. The van der Waals surface area contributed by atoms with Gasteiger partial charge < -0.3 is 20.4 Å². The lowest BCUT2D eigenvalue weighted by Gasteiger charge is -2.16. The second kappa shape index (κ2) is 3.94. The smallest absolute Gasteiger partial charge is 0.237 e. The molecule has 11 heavy (non-hydrogen) atoms. The topological polar surface area (TPSA) is 90.2 Å². The molecule has 7 heteroatoms. The molecular weight excluding hydrogens is 192 g/mol. The summed E-state index contributed by atoms with van der Waals surface area (Å²) in [5.41, 5.74) is 0. The summed E-state index contributed by atoms with van der Waals surface area (Å²) in [5, 5.41) is 30.5. The highest BCUT2D eigenvalue weighted by molar-refractivity contribution is 8.08. The third kappa shape index (κ3) is 10.5. The third-order valence-corrected chi connectivity index (χ3v) is 1.56. The van der Waals surface area contributed by atoms with E-state index in [1.54, 1.807) is 0 Å². The minimum atomic E-state index is -2.03. The highest BCUT2D eigenvalue weighted by Gasteiger charge is 2.22. The summed E-state index contributed by atoms with van der Waals surface area (Å²) in [5.74, 6) is 0. The quantitative estimate of drug-likeness (QED) is 0.365. The summed E-state index contributed by atoms with van der Waals surface area (Å²) in [6, 6.07) is 0. The van der Waals surface area contributed by atoms with Crippen molar-refractivity contribution in [3.63, 3.8) is 0 Å². The fourth-order valence-corrected chi connectivity index (χ4v) is 1.31. The van der Waals surface area contributed by atoms with Gasteiger partial charge in [0.25, 0.3) is 0 Å². The fraction of sp³-hybridized carbons (Fsp3) is 1.00. The van der Waals surface area contributed by atoms with Crippen molar-refractivity contribution in [2.24, 2.45) is 0 Å². The second-order valence-corrected chi connectivity index (χ2v) is 4.53. The highest BCUT2D eigenvalue weighted by atomic mass is 32.2. The Bertz CT molecular complexity index is 101. The highest BCUT2D eigenvalue weighted by Crippen LogP contribution is 2.30. The van der Waals surface area contributed by atoms with Crippen LogP contribution in [0.5, 0.6) is 0 Å². The zero-order valence-electron chi connectivity index (χ0n) is 6.01. The Morgan fingerprint density at radius 3 is 1.36 bits per heavy atom. The summed E-state index contributed by atoms with van der Waals surface area (Å²) >= 11 is 0.629. The Morgan fingerprint density at radius 1 is 0.909 bits per heavy atom. The Morgan fingerprint density at radius 2 is 1.18 bits per heavy atom. The van der Waals surface area contributed by atoms with Gasteiger partial charge in [-0.25, -0.2) is 3.63 Å². The van der Waals surface area contributed by atoms with Gasteiger partial charge in [-0.15, -0.1) is 0 Å². The zero-order chi connectivity index (χ0) is 9.12. The van der Waals surface area contributed by atoms with Crippen molar-refractivity contribution in [1.29, 1.82) is 0 Å². The van der Waals surface area contributed by atoms with Crippen molar-refractivity contribution in [3.8, 4) is 0 Å². The first kappa shape index (κ1) is 11.5. The first-order valence-electron chi connectivity index (χ1n) is 2.64. The average molecular weight is 202 g/mol. The molecule has 0 atom stereocenters. The number of rotatable bonds is 4. The molecule has 0 spiro atoms. The van der Waals surface area contributed by atoms with Gasteiger partial charge in [0.2, 0.25) is 10.2 Å². The molecule has 0 saturated carbocycles. The molecule has 0 bridgehead atoms. The fourth-order valence-electron chi connectivity index (χ4n) is 0.146. The van der Waals surface area contributed by atoms with Gasteiger partial charge in [-0.1, -0.05) is 0 Å². The first-order chi connectivity index (χ1) is 4.71. The van der Waals surface area contributed by atoms with E-state index in [-0.39, 0.29) is 0 Å². The molecule has 0 unspecified atom stereocenters. The van der Waals surface area contributed by atoms with Gasteiger partial charge in [0.1, 0.15) is 0 Å². The lowest BCUT2D eigenvalue weighted by molar-refractivity contribution is -0.0664.